The largest absolute Gasteiger partial charge is 0.446 e. The van der Waals surface area contributed by atoms with E-state index in [-0.39, 0.29) is 24.2 Å². The summed E-state index contributed by atoms with van der Waals surface area (Å²) < 4.78 is 18.7. The van der Waals surface area contributed by atoms with Gasteiger partial charge < -0.3 is 15.4 Å². The molecule has 11 heteroatoms. The third-order valence-electron chi connectivity index (χ3n) is 5.14. The Bertz CT molecular complexity index is 1090. The number of carbonyl (C=O) groups is 1. The monoisotopic (exact) mass is 445 g/mol. The molecule has 166 valence electrons. The Morgan fingerprint density at radius 2 is 2.23 bits per heavy atom. The maximum Gasteiger partial charge on any atom is 0.407 e. The molecule has 3 unspecified atom stereocenters. The van der Waals surface area contributed by atoms with Gasteiger partial charge in [0.15, 0.2) is 11.6 Å². The fraction of sp³-hybridized carbons (Fsp3) is 0.500. The highest BCUT2D eigenvalue weighted by Gasteiger charge is 2.30. The smallest absolute Gasteiger partial charge is 0.407 e. The van der Waals surface area contributed by atoms with Gasteiger partial charge in [0, 0.05) is 53.2 Å². The molecule has 3 aromatic rings. The number of nitrogens with zero attached hydrogens (tertiary/aromatic N) is 4. The molecule has 3 heterocycles. The molecule has 3 aromatic heterocycles. The average molecular weight is 446 g/mol. The van der Waals surface area contributed by atoms with E-state index in [4.69, 9.17) is 4.74 Å². The molecule has 3 atom stereocenters. The lowest BCUT2D eigenvalue weighted by molar-refractivity contribution is 0.0981. The second kappa shape index (κ2) is 9.04. The van der Waals surface area contributed by atoms with E-state index in [0.717, 1.165) is 36.2 Å². The fourth-order valence-corrected chi connectivity index (χ4v) is 4.39. The third kappa shape index (κ3) is 5.22. The average Bonchev–Trinajstić information content (AvgIpc) is 3.40. The van der Waals surface area contributed by atoms with Crippen LogP contribution in [0.5, 0.6) is 0 Å². The van der Waals surface area contributed by atoms with Crippen LogP contribution < -0.4 is 10.6 Å². The number of anilines is 2. The summed E-state index contributed by atoms with van der Waals surface area (Å²) in [5.74, 6) is 1.93. The SMILES string of the molecule is CC(C)NC(=O)OC1CCC(c2cc(Nc3nccn4nc(CS(C)=O)cc34)n[nH]2)C1. The molecule has 0 aliphatic heterocycles. The van der Waals surface area contributed by atoms with Crippen LogP contribution >= 0.6 is 0 Å². The van der Waals surface area contributed by atoms with E-state index in [1.807, 2.05) is 26.0 Å². The third-order valence-corrected chi connectivity index (χ3v) is 5.84. The van der Waals surface area contributed by atoms with Crippen molar-refractivity contribution in [3.8, 4) is 0 Å². The zero-order valence-corrected chi connectivity index (χ0v) is 18.6. The van der Waals surface area contributed by atoms with E-state index in [9.17, 15) is 9.00 Å². The second-order valence-corrected chi connectivity index (χ2v) is 9.56. The van der Waals surface area contributed by atoms with Crippen molar-refractivity contribution in [2.24, 2.45) is 0 Å². The van der Waals surface area contributed by atoms with Gasteiger partial charge in [-0.05, 0) is 39.2 Å². The van der Waals surface area contributed by atoms with Crippen LogP contribution in [0.1, 0.15) is 50.4 Å². The fourth-order valence-electron chi connectivity index (χ4n) is 3.83. The van der Waals surface area contributed by atoms with Crippen LogP contribution in [0, 0.1) is 0 Å². The maximum absolute atomic E-state index is 11.8. The number of H-pyrrole nitrogens is 1. The van der Waals surface area contributed by atoms with Gasteiger partial charge in [0.25, 0.3) is 0 Å². The predicted octanol–water partition coefficient (Wildman–Crippen LogP) is 2.85. The van der Waals surface area contributed by atoms with Gasteiger partial charge in [0.2, 0.25) is 0 Å². The summed E-state index contributed by atoms with van der Waals surface area (Å²) >= 11 is 0. The highest BCUT2D eigenvalue weighted by atomic mass is 32.2. The van der Waals surface area contributed by atoms with E-state index in [1.54, 1.807) is 23.2 Å². The van der Waals surface area contributed by atoms with Crippen LogP contribution in [-0.4, -0.2) is 53.5 Å². The van der Waals surface area contributed by atoms with Crippen LogP contribution in [0.4, 0.5) is 16.4 Å². The first-order chi connectivity index (χ1) is 14.9. The molecule has 0 spiro atoms. The first-order valence-corrected chi connectivity index (χ1v) is 12.0. The van der Waals surface area contributed by atoms with E-state index in [2.05, 4.69) is 30.9 Å². The quantitative estimate of drug-likeness (QED) is 0.510. The number of amides is 1. The topological polar surface area (TPSA) is 126 Å². The summed E-state index contributed by atoms with van der Waals surface area (Å²) in [6.07, 6.45) is 7.14. The van der Waals surface area contributed by atoms with Crippen molar-refractivity contribution in [1.29, 1.82) is 0 Å². The number of alkyl carbamates (subject to hydrolysis) is 1. The number of hydrogen-bond acceptors (Lipinski definition) is 7. The zero-order chi connectivity index (χ0) is 22.0. The van der Waals surface area contributed by atoms with Crippen LogP contribution in [0.15, 0.2) is 24.5 Å². The van der Waals surface area contributed by atoms with Gasteiger partial charge in [-0.1, -0.05) is 0 Å². The Balaban J connectivity index is 1.41. The van der Waals surface area contributed by atoms with Gasteiger partial charge >= 0.3 is 6.09 Å². The summed E-state index contributed by atoms with van der Waals surface area (Å²) in [4.78, 5) is 16.2. The number of fused-ring (bicyclic) bond motifs is 1. The molecule has 1 aliphatic rings. The van der Waals surface area contributed by atoms with Crippen molar-refractivity contribution in [2.75, 3.05) is 11.6 Å². The van der Waals surface area contributed by atoms with Crippen molar-refractivity contribution in [3.05, 3.63) is 35.9 Å². The van der Waals surface area contributed by atoms with E-state index < -0.39 is 10.8 Å². The van der Waals surface area contributed by atoms with Crippen LogP contribution in [-0.2, 0) is 21.3 Å². The van der Waals surface area contributed by atoms with E-state index in [0.29, 0.717) is 17.4 Å². The lowest BCUT2D eigenvalue weighted by Crippen LogP contribution is -2.33. The number of aromatic nitrogens is 5. The molecule has 1 aliphatic carbocycles. The lowest BCUT2D eigenvalue weighted by Gasteiger charge is -2.14. The Labute approximate surface area is 182 Å². The molecule has 1 saturated carbocycles. The minimum Gasteiger partial charge on any atom is -0.446 e. The molecule has 3 N–H and O–H groups in total. The Hall–Kier alpha value is -2.95. The standard InChI is InChI=1S/C20H27N7O3S/c1-12(2)22-20(28)30-15-5-4-13(8-15)16-10-18(25-24-16)23-19-17-9-14(11-31(3)29)26-27(17)7-6-21-19/h6-7,9-10,12-13,15H,4-5,8,11H2,1-3H3,(H,22,28)(H2,21,23,24,25). The first-order valence-electron chi connectivity index (χ1n) is 10.3. The number of rotatable bonds is 7. The Morgan fingerprint density at radius 1 is 1.39 bits per heavy atom. The molecular weight excluding hydrogens is 418 g/mol. The highest BCUT2D eigenvalue weighted by Crippen LogP contribution is 2.36. The Kier molecular flexibility index (Phi) is 6.21. The molecule has 4 rings (SSSR count). The summed E-state index contributed by atoms with van der Waals surface area (Å²) in [6.45, 7) is 3.81. The number of nitrogens with one attached hydrogen (secondary N) is 3. The van der Waals surface area contributed by atoms with Gasteiger partial charge in [-0.3, -0.25) is 9.31 Å². The molecular formula is C20H27N7O3S. The summed E-state index contributed by atoms with van der Waals surface area (Å²) in [5.41, 5.74) is 2.54. The summed E-state index contributed by atoms with van der Waals surface area (Å²) in [5, 5.41) is 17.9. The van der Waals surface area contributed by atoms with Crippen LogP contribution in [0.2, 0.25) is 0 Å². The summed E-state index contributed by atoms with van der Waals surface area (Å²) in [6, 6.07) is 3.90. The normalized spacial score (nSPS) is 19.6. The van der Waals surface area contributed by atoms with Crippen molar-refractivity contribution in [1.82, 2.24) is 30.1 Å². The first kappa shape index (κ1) is 21.3. The van der Waals surface area contributed by atoms with Crippen molar-refractivity contribution in [2.45, 2.75) is 56.9 Å². The molecule has 0 saturated heterocycles. The predicted molar refractivity (Wildman–Crippen MR) is 118 cm³/mol. The summed E-state index contributed by atoms with van der Waals surface area (Å²) in [7, 11) is -0.965. The molecule has 10 nitrogen and oxygen atoms in total. The number of carbonyl (C=O) groups excluding carboxylic acids is 1. The van der Waals surface area contributed by atoms with Gasteiger partial charge in [0.1, 0.15) is 11.6 Å². The van der Waals surface area contributed by atoms with E-state index in [1.165, 1.54) is 0 Å². The number of ether oxygens (including phenoxy) is 1. The number of hydrogen-bond donors (Lipinski definition) is 3. The second-order valence-electron chi connectivity index (χ2n) is 8.13. The zero-order valence-electron chi connectivity index (χ0n) is 17.8. The van der Waals surface area contributed by atoms with Gasteiger partial charge in [-0.25, -0.2) is 14.3 Å². The van der Waals surface area contributed by atoms with Crippen LogP contribution in [0.3, 0.4) is 0 Å². The Morgan fingerprint density at radius 3 is 3.00 bits per heavy atom. The molecule has 1 amide bonds. The molecule has 31 heavy (non-hydrogen) atoms. The van der Waals surface area contributed by atoms with Crippen LogP contribution in [0.25, 0.3) is 5.52 Å². The van der Waals surface area contributed by atoms with E-state index >= 15 is 0 Å². The van der Waals surface area contributed by atoms with Crippen molar-refractivity contribution in [3.63, 3.8) is 0 Å². The molecule has 0 aromatic carbocycles. The van der Waals surface area contributed by atoms with Gasteiger partial charge in [-0.15, -0.1) is 0 Å². The molecule has 0 bridgehead atoms. The molecule has 1 fully saturated rings. The molecule has 0 radical (unpaired) electrons. The minimum absolute atomic E-state index is 0.0555. The van der Waals surface area contributed by atoms with Gasteiger partial charge in [0.05, 0.1) is 11.4 Å². The lowest BCUT2D eigenvalue weighted by atomic mass is 10.0. The highest BCUT2D eigenvalue weighted by molar-refractivity contribution is 7.83. The van der Waals surface area contributed by atoms with Crippen molar-refractivity contribution < 1.29 is 13.7 Å². The minimum atomic E-state index is -0.965. The number of aromatic amines is 1. The maximum atomic E-state index is 11.8. The van der Waals surface area contributed by atoms with Crippen molar-refractivity contribution >= 4 is 34.0 Å². The van der Waals surface area contributed by atoms with Gasteiger partial charge in [-0.2, -0.15) is 10.2 Å².